The van der Waals surface area contributed by atoms with Gasteiger partial charge in [-0.1, -0.05) is 42.5 Å². The Bertz CT molecular complexity index is 1600. The molecule has 0 saturated heterocycles. The lowest BCUT2D eigenvalue weighted by molar-refractivity contribution is 0.102. The fourth-order valence-corrected chi connectivity index (χ4v) is 3.72. The number of anilines is 1. The normalized spacial score (nSPS) is 12.1. The number of carbonyl (C=O) groups excluding carboxylic acids is 1. The molecule has 0 radical (unpaired) electrons. The van der Waals surface area contributed by atoms with Crippen LogP contribution in [0.25, 0.3) is 12.2 Å². The van der Waals surface area contributed by atoms with Crippen molar-refractivity contribution in [3.05, 3.63) is 127 Å². The van der Waals surface area contributed by atoms with E-state index in [2.05, 4.69) is 20.2 Å². The molecular weight excluding hydrogens is 480 g/mol. The number of ether oxygens (including phenoxy) is 1. The molecule has 0 bridgehead atoms. The zero-order valence-corrected chi connectivity index (χ0v) is 21.4. The fraction of sp³-hybridized carbons (Fsp3) is 0.167. The van der Waals surface area contributed by atoms with Crippen molar-refractivity contribution >= 4 is 23.7 Å². The third-order valence-electron chi connectivity index (χ3n) is 5.71. The van der Waals surface area contributed by atoms with E-state index in [4.69, 9.17) is 4.74 Å². The van der Waals surface area contributed by atoms with Gasteiger partial charge in [-0.3, -0.25) is 14.4 Å². The van der Waals surface area contributed by atoms with Gasteiger partial charge in [0.15, 0.2) is 0 Å². The minimum absolute atomic E-state index is 0.120. The lowest BCUT2D eigenvalue weighted by Gasteiger charge is -2.10. The van der Waals surface area contributed by atoms with Crippen LogP contribution < -0.4 is 31.9 Å². The summed E-state index contributed by atoms with van der Waals surface area (Å²) in [4.78, 5) is 45.1. The molecule has 3 N–H and O–H groups in total. The highest BCUT2D eigenvalue weighted by Crippen LogP contribution is 2.13. The molecule has 0 fully saturated rings. The van der Waals surface area contributed by atoms with Crippen molar-refractivity contribution in [2.75, 3.05) is 32.6 Å². The second-order valence-electron chi connectivity index (χ2n) is 9.04. The second-order valence-corrected chi connectivity index (χ2v) is 9.04. The molecule has 1 amide bonds. The molecule has 3 aromatic carbocycles. The number of para-hydroxylation sites is 1. The molecule has 0 atom stereocenters. The van der Waals surface area contributed by atoms with Crippen LogP contribution in [0, 0.1) is 0 Å². The Balaban J connectivity index is 1.46. The minimum Gasteiger partial charge on any atom is -0.494 e. The molecule has 0 aliphatic rings. The average Bonchev–Trinajstić information content (AvgIpc) is 2.91. The highest BCUT2D eigenvalue weighted by Gasteiger charge is 2.05. The van der Waals surface area contributed by atoms with E-state index in [9.17, 15) is 14.4 Å². The third-order valence-corrected chi connectivity index (χ3v) is 5.71. The average molecular weight is 511 g/mol. The van der Waals surface area contributed by atoms with Crippen LogP contribution in [0.4, 0.5) is 5.69 Å². The molecule has 1 aromatic heterocycles. The third kappa shape index (κ3) is 7.41. The van der Waals surface area contributed by atoms with E-state index in [1.54, 1.807) is 36.4 Å². The quantitative estimate of drug-likeness (QED) is 0.300. The summed E-state index contributed by atoms with van der Waals surface area (Å²) in [5.41, 5.74) is 1.76. The van der Waals surface area contributed by atoms with E-state index in [0.717, 1.165) is 24.3 Å². The lowest BCUT2D eigenvalue weighted by atomic mass is 10.1. The zero-order chi connectivity index (χ0) is 26.9. The van der Waals surface area contributed by atoms with Gasteiger partial charge in [-0.05, 0) is 80.2 Å². The van der Waals surface area contributed by atoms with Crippen molar-refractivity contribution in [2.24, 2.45) is 0 Å². The first-order valence-electron chi connectivity index (χ1n) is 12.3. The molecule has 0 aliphatic heterocycles. The number of H-pyrrole nitrogens is 2. The van der Waals surface area contributed by atoms with Crippen molar-refractivity contribution < 1.29 is 9.53 Å². The highest BCUT2D eigenvalue weighted by atomic mass is 16.5. The molecule has 194 valence electrons. The Morgan fingerprint density at radius 1 is 0.816 bits per heavy atom. The Hall–Kier alpha value is -4.69. The summed E-state index contributed by atoms with van der Waals surface area (Å²) in [6.45, 7) is 1.57. The Labute approximate surface area is 219 Å². The van der Waals surface area contributed by atoms with Crippen molar-refractivity contribution in [3.8, 4) is 5.75 Å². The van der Waals surface area contributed by atoms with Gasteiger partial charge in [-0.25, -0.2) is 0 Å². The van der Waals surface area contributed by atoms with Crippen LogP contribution in [-0.2, 0) is 0 Å². The number of hydrogen-bond donors (Lipinski definition) is 3. The summed E-state index contributed by atoms with van der Waals surface area (Å²) in [6.07, 6.45) is 4.10. The molecule has 38 heavy (non-hydrogen) atoms. The smallest absolute Gasteiger partial charge is 0.272 e. The maximum atomic E-state index is 12.6. The molecule has 0 saturated carbocycles. The SMILES string of the molecule is CN(C)CCCOc1ccc(/C=c2\[nH]c(=O)c(=Cc3ccc(C(=O)Nc4ccccc4)cc3)[nH]c2=O)cc1. The van der Waals surface area contributed by atoms with Crippen molar-refractivity contribution in [3.63, 3.8) is 0 Å². The van der Waals surface area contributed by atoms with Crippen LogP contribution in [0.1, 0.15) is 27.9 Å². The van der Waals surface area contributed by atoms with E-state index < -0.39 is 11.1 Å². The van der Waals surface area contributed by atoms with Gasteiger partial charge in [0, 0.05) is 17.8 Å². The number of rotatable bonds is 9. The molecule has 8 heteroatoms. The number of carbonyl (C=O) groups is 1. The van der Waals surface area contributed by atoms with Gasteiger partial charge in [0.05, 0.1) is 6.61 Å². The topological polar surface area (TPSA) is 107 Å². The maximum Gasteiger partial charge on any atom is 0.272 e. The summed E-state index contributed by atoms with van der Waals surface area (Å²) in [6, 6.07) is 23.2. The van der Waals surface area contributed by atoms with Gasteiger partial charge in [0.2, 0.25) is 0 Å². The van der Waals surface area contributed by atoms with Crippen molar-refractivity contribution in [1.82, 2.24) is 14.9 Å². The first-order valence-corrected chi connectivity index (χ1v) is 12.3. The molecule has 4 rings (SSSR count). The predicted molar refractivity (Wildman–Crippen MR) is 150 cm³/mol. The molecule has 4 aromatic rings. The molecule has 8 nitrogen and oxygen atoms in total. The van der Waals surface area contributed by atoms with Crippen LogP contribution in [0.3, 0.4) is 0 Å². The summed E-state index contributed by atoms with van der Waals surface area (Å²) in [5.74, 6) is 0.509. The summed E-state index contributed by atoms with van der Waals surface area (Å²) >= 11 is 0. The van der Waals surface area contributed by atoms with Gasteiger partial charge < -0.3 is 24.9 Å². The van der Waals surface area contributed by atoms with Gasteiger partial charge in [0.1, 0.15) is 16.4 Å². The summed E-state index contributed by atoms with van der Waals surface area (Å²) < 4.78 is 5.73. The van der Waals surface area contributed by atoms with Gasteiger partial charge in [-0.2, -0.15) is 0 Å². The van der Waals surface area contributed by atoms with E-state index >= 15 is 0 Å². The van der Waals surface area contributed by atoms with Gasteiger partial charge >= 0.3 is 0 Å². The Morgan fingerprint density at radius 2 is 1.37 bits per heavy atom. The molecule has 0 unspecified atom stereocenters. The van der Waals surface area contributed by atoms with Gasteiger partial charge in [-0.15, -0.1) is 0 Å². The first kappa shape index (κ1) is 26.4. The lowest BCUT2D eigenvalue weighted by Crippen LogP contribution is -2.46. The number of hydrogen-bond acceptors (Lipinski definition) is 5. The Morgan fingerprint density at radius 3 is 1.92 bits per heavy atom. The molecule has 0 spiro atoms. The van der Waals surface area contributed by atoms with Crippen molar-refractivity contribution in [2.45, 2.75) is 6.42 Å². The number of benzene rings is 3. The summed E-state index contributed by atoms with van der Waals surface area (Å²) in [7, 11) is 4.04. The highest BCUT2D eigenvalue weighted by molar-refractivity contribution is 6.04. The molecule has 1 heterocycles. The van der Waals surface area contributed by atoms with E-state index in [1.807, 2.05) is 68.7 Å². The predicted octanol–water partition coefficient (Wildman–Crippen LogP) is 2.30. The van der Waals surface area contributed by atoms with E-state index in [-0.39, 0.29) is 16.6 Å². The molecule has 0 aliphatic carbocycles. The largest absolute Gasteiger partial charge is 0.494 e. The number of nitrogens with one attached hydrogen (secondary N) is 3. The monoisotopic (exact) mass is 510 g/mol. The first-order chi connectivity index (χ1) is 18.4. The molecular formula is C30H30N4O4. The van der Waals surface area contributed by atoms with E-state index in [0.29, 0.717) is 23.4 Å². The van der Waals surface area contributed by atoms with Crippen LogP contribution in [-0.4, -0.2) is 48.0 Å². The standard InChI is InChI=1S/C30H30N4O4/c1-34(2)17-6-18-38-25-15-11-22(12-16-25)20-27-30(37)32-26(29(36)33-27)19-21-9-13-23(14-10-21)28(35)31-24-7-4-3-5-8-24/h3-5,7-16,19-20H,6,17-18H2,1-2H3,(H,31,35)(H,32,37)(H,33,36)/b26-19?,27-20-. The van der Waals surface area contributed by atoms with Crippen LogP contribution in [0.5, 0.6) is 5.75 Å². The van der Waals surface area contributed by atoms with Gasteiger partial charge in [0.25, 0.3) is 17.0 Å². The van der Waals surface area contributed by atoms with Crippen LogP contribution in [0.2, 0.25) is 0 Å². The van der Waals surface area contributed by atoms with Crippen LogP contribution in [0.15, 0.2) is 88.5 Å². The van der Waals surface area contributed by atoms with E-state index in [1.165, 1.54) is 0 Å². The fourth-order valence-electron chi connectivity index (χ4n) is 3.72. The zero-order valence-electron chi connectivity index (χ0n) is 21.4. The minimum atomic E-state index is -0.428. The maximum absolute atomic E-state index is 12.6. The van der Waals surface area contributed by atoms with Crippen molar-refractivity contribution in [1.29, 1.82) is 0 Å². The van der Waals surface area contributed by atoms with Crippen LogP contribution >= 0.6 is 0 Å². The second kappa shape index (κ2) is 12.5. The number of nitrogens with zero attached hydrogens (tertiary/aromatic N) is 1. The Kier molecular flexibility index (Phi) is 8.69. The number of aromatic nitrogens is 2. The summed E-state index contributed by atoms with van der Waals surface area (Å²) in [5, 5.41) is 3.10. The number of aromatic amines is 2. The number of amides is 1.